The van der Waals surface area contributed by atoms with Crippen molar-refractivity contribution in [1.82, 2.24) is 0 Å². The molecular weight excluding hydrogens is 274 g/mol. The minimum Gasteiger partial charge on any atom is -0.506 e. The minimum atomic E-state index is -1.06. The summed E-state index contributed by atoms with van der Waals surface area (Å²) in [6, 6.07) is 2.24. The van der Waals surface area contributed by atoms with Crippen LogP contribution in [0.2, 0.25) is 0 Å². The third kappa shape index (κ3) is 2.62. The van der Waals surface area contributed by atoms with Crippen LogP contribution in [0.5, 0.6) is 5.75 Å². The van der Waals surface area contributed by atoms with Gasteiger partial charge in [0.15, 0.2) is 0 Å². The second kappa shape index (κ2) is 5.14. The average molecular weight is 286 g/mol. The fraction of sp³-hybridized carbons (Fsp3) is 0.182. The normalized spacial score (nSPS) is 12.1. The highest BCUT2D eigenvalue weighted by atomic mass is 79.9. The lowest BCUT2D eigenvalue weighted by Gasteiger charge is -2.13. The first-order valence-electron chi connectivity index (χ1n) is 4.59. The molecule has 0 aliphatic carbocycles. The number of aromatic hydroxyl groups is 1. The van der Waals surface area contributed by atoms with Crippen molar-refractivity contribution in [1.29, 1.82) is 0 Å². The van der Waals surface area contributed by atoms with Crippen molar-refractivity contribution in [3.05, 3.63) is 40.4 Å². The molecule has 0 aliphatic heterocycles. The number of hydrogen-bond acceptors (Lipinski definition) is 3. The van der Waals surface area contributed by atoms with Crippen LogP contribution in [0.25, 0.3) is 0 Å². The van der Waals surface area contributed by atoms with Crippen LogP contribution in [-0.2, 0) is 0 Å². The summed E-state index contributed by atoms with van der Waals surface area (Å²) in [7, 11) is 0. The van der Waals surface area contributed by atoms with Gasteiger partial charge in [-0.05, 0) is 34.5 Å². The molecule has 4 nitrogen and oxygen atoms in total. The quantitative estimate of drug-likeness (QED) is 0.742. The van der Waals surface area contributed by atoms with Crippen molar-refractivity contribution in [2.75, 3.05) is 0 Å². The van der Waals surface area contributed by atoms with E-state index in [0.717, 1.165) is 0 Å². The molecule has 0 aliphatic rings. The van der Waals surface area contributed by atoms with Gasteiger partial charge in [0.1, 0.15) is 5.75 Å². The van der Waals surface area contributed by atoms with E-state index in [1.54, 1.807) is 6.08 Å². The third-order valence-corrected chi connectivity index (χ3v) is 2.76. The smallest absolute Gasteiger partial charge is 0.335 e. The van der Waals surface area contributed by atoms with Crippen LogP contribution in [0.4, 0.5) is 0 Å². The topological polar surface area (TPSA) is 83.6 Å². The molecule has 0 unspecified atom stereocenters. The molecule has 1 aromatic rings. The van der Waals surface area contributed by atoms with Crippen molar-refractivity contribution in [2.45, 2.75) is 12.5 Å². The van der Waals surface area contributed by atoms with Gasteiger partial charge >= 0.3 is 5.97 Å². The summed E-state index contributed by atoms with van der Waals surface area (Å²) < 4.78 is 0.321. The molecule has 0 radical (unpaired) electrons. The van der Waals surface area contributed by atoms with E-state index in [2.05, 4.69) is 22.5 Å². The maximum Gasteiger partial charge on any atom is 0.335 e. The Hall–Kier alpha value is -1.33. The van der Waals surface area contributed by atoms with Crippen LogP contribution in [-0.4, -0.2) is 16.2 Å². The number of carboxylic acid groups (broad SMARTS) is 1. The van der Waals surface area contributed by atoms with Gasteiger partial charge in [0.2, 0.25) is 0 Å². The summed E-state index contributed by atoms with van der Waals surface area (Å²) in [6.45, 7) is 3.55. The Bertz CT molecular complexity index is 431. The molecule has 0 saturated carbocycles. The van der Waals surface area contributed by atoms with E-state index >= 15 is 0 Å². The van der Waals surface area contributed by atoms with Crippen LogP contribution in [0.3, 0.4) is 0 Å². The predicted octanol–water partition coefficient (Wildman–Crippen LogP) is 2.43. The van der Waals surface area contributed by atoms with E-state index in [-0.39, 0.29) is 11.3 Å². The zero-order valence-corrected chi connectivity index (χ0v) is 10.1. The van der Waals surface area contributed by atoms with Gasteiger partial charge in [-0.15, -0.1) is 6.58 Å². The number of nitrogens with two attached hydrogens (primary N) is 1. The Morgan fingerprint density at radius 1 is 1.62 bits per heavy atom. The lowest BCUT2D eigenvalue weighted by Crippen LogP contribution is -2.11. The molecule has 1 aromatic carbocycles. The Labute approximate surface area is 102 Å². The lowest BCUT2D eigenvalue weighted by atomic mass is 10.0. The van der Waals surface area contributed by atoms with Gasteiger partial charge in [-0.3, -0.25) is 0 Å². The van der Waals surface area contributed by atoms with Gasteiger partial charge in [-0.2, -0.15) is 0 Å². The lowest BCUT2D eigenvalue weighted by molar-refractivity contribution is 0.0696. The molecule has 0 aromatic heterocycles. The maximum absolute atomic E-state index is 10.8. The van der Waals surface area contributed by atoms with E-state index in [0.29, 0.717) is 16.5 Å². The molecule has 1 atom stereocenters. The largest absolute Gasteiger partial charge is 0.506 e. The number of carbonyl (C=O) groups is 1. The van der Waals surface area contributed by atoms with E-state index in [9.17, 15) is 9.90 Å². The summed E-state index contributed by atoms with van der Waals surface area (Å²) in [5.74, 6) is -1.09. The summed E-state index contributed by atoms with van der Waals surface area (Å²) in [5.41, 5.74) is 6.28. The van der Waals surface area contributed by atoms with Crippen LogP contribution < -0.4 is 5.73 Å². The third-order valence-electron chi connectivity index (χ3n) is 2.16. The van der Waals surface area contributed by atoms with Crippen LogP contribution >= 0.6 is 15.9 Å². The number of aromatic carboxylic acids is 1. The Morgan fingerprint density at radius 3 is 2.75 bits per heavy atom. The number of phenolic OH excluding ortho intramolecular Hbond substituents is 1. The van der Waals surface area contributed by atoms with Gasteiger partial charge in [-0.1, -0.05) is 6.08 Å². The van der Waals surface area contributed by atoms with Gasteiger partial charge in [0.05, 0.1) is 10.0 Å². The van der Waals surface area contributed by atoms with Crippen molar-refractivity contribution in [2.24, 2.45) is 5.73 Å². The maximum atomic E-state index is 10.8. The van der Waals surface area contributed by atoms with Crippen molar-refractivity contribution in [3.8, 4) is 5.75 Å². The fourth-order valence-electron chi connectivity index (χ4n) is 1.33. The van der Waals surface area contributed by atoms with E-state index in [4.69, 9.17) is 10.8 Å². The molecule has 16 heavy (non-hydrogen) atoms. The molecule has 0 spiro atoms. The number of benzene rings is 1. The summed E-state index contributed by atoms with van der Waals surface area (Å²) in [6.07, 6.45) is 2.08. The first kappa shape index (κ1) is 12.7. The Balaban J connectivity index is 3.26. The Kier molecular flexibility index (Phi) is 4.09. The molecule has 5 heteroatoms. The van der Waals surface area contributed by atoms with Gasteiger partial charge in [-0.25, -0.2) is 4.79 Å². The standard InChI is InChI=1S/C11H12BrNO3/c1-2-3-9(13)7-4-6(11(15)16)5-8(12)10(7)14/h2,4-5,9,14H,1,3,13H2,(H,15,16)/t9-/m1/s1. The monoisotopic (exact) mass is 285 g/mol. The number of halogens is 1. The zero-order chi connectivity index (χ0) is 12.3. The van der Waals surface area contributed by atoms with Crippen LogP contribution in [0.15, 0.2) is 29.3 Å². The van der Waals surface area contributed by atoms with Crippen molar-refractivity contribution < 1.29 is 15.0 Å². The highest BCUT2D eigenvalue weighted by Gasteiger charge is 2.16. The van der Waals surface area contributed by atoms with E-state index in [1.807, 2.05) is 0 Å². The Morgan fingerprint density at radius 2 is 2.25 bits per heavy atom. The fourth-order valence-corrected chi connectivity index (χ4v) is 1.81. The molecule has 0 bridgehead atoms. The van der Waals surface area contributed by atoms with Crippen LogP contribution in [0.1, 0.15) is 28.4 Å². The number of phenols is 1. The highest BCUT2D eigenvalue weighted by Crippen LogP contribution is 2.33. The van der Waals surface area contributed by atoms with Crippen molar-refractivity contribution in [3.63, 3.8) is 0 Å². The second-order valence-electron chi connectivity index (χ2n) is 3.33. The van der Waals surface area contributed by atoms with E-state index < -0.39 is 12.0 Å². The second-order valence-corrected chi connectivity index (χ2v) is 4.19. The summed E-state index contributed by atoms with van der Waals surface area (Å²) >= 11 is 3.09. The highest BCUT2D eigenvalue weighted by molar-refractivity contribution is 9.10. The number of rotatable bonds is 4. The molecule has 1 rings (SSSR count). The van der Waals surface area contributed by atoms with Crippen molar-refractivity contribution >= 4 is 21.9 Å². The molecule has 0 fully saturated rings. The van der Waals surface area contributed by atoms with Gasteiger partial charge < -0.3 is 15.9 Å². The predicted molar refractivity (Wildman–Crippen MR) is 64.5 cm³/mol. The number of carboxylic acids is 1. The number of hydrogen-bond donors (Lipinski definition) is 3. The molecular formula is C11H12BrNO3. The molecule has 4 N–H and O–H groups in total. The van der Waals surface area contributed by atoms with Gasteiger partial charge in [0, 0.05) is 11.6 Å². The average Bonchev–Trinajstić information content (AvgIpc) is 2.21. The molecule has 0 heterocycles. The summed E-state index contributed by atoms with van der Waals surface area (Å²) in [5, 5.41) is 18.6. The van der Waals surface area contributed by atoms with Crippen LogP contribution in [0, 0.1) is 0 Å². The zero-order valence-electron chi connectivity index (χ0n) is 8.48. The SMILES string of the molecule is C=CC[C@@H](N)c1cc(C(=O)O)cc(Br)c1O. The van der Waals surface area contributed by atoms with E-state index in [1.165, 1.54) is 12.1 Å². The first-order chi connectivity index (χ1) is 7.47. The molecule has 0 saturated heterocycles. The van der Waals surface area contributed by atoms with Gasteiger partial charge in [0.25, 0.3) is 0 Å². The molecule has 86 valence electrons. The molecule has 0 amide bonds. The first-order valence-corrected chi connectivity index (χ1v) is 5.38. The summed E-state index contributed by atoms with van der Waals surface area (Å²) in [4.78, 5) is 10.8. The minimum absolute atomic E-state index is 0.0284.